The lowest BCUT2D eigenvalue weighted by Crippen LogP contribution is -2.32. The molecule has 0 fully saturated rings. The fourth-order valence-electron chi connectivity index (χ4n) is 1.80. The van der Waals surface area contributed by atoms with Gasteiger partial charge in [0, 0.05) is 17.4 Å². The second-order valence-corrected chi connectivity index (χ2v) is 4.21. The lowest BCUT2D eigenvalue weighted by atomic mass is 10.2. The van der Waals surface area contributed by atoms with E-state index in [1.165, 1.54) is 0 Å². The number of carbonyl (C=O) groups is 1. The number of nitrogens with one attached hydrogen (secondary N) is 1. The molecule has 96 valence electrons. The number of rotatable bonds is 2. The first-order valence-corrected chi connectivity index (χ1v) is 5.83. The summed E-state index contributed by atoms with van der Waals surface area (Å²) < 4.78 is 7.18. The summed E-state index contributed by atoms with van der Waals surface area (Å²) in [6, 6.07) is 7.67. The Balaban J connectivity index is 1.85. The van der Waals surface area contributed by atoms with Crippen molar-refractivity contribution in [3.05, 3.63) is 48.0 Å². The number of hydrogen-bond donors (Lipinski definition) is 1. The van der Waals surface area contributed by atoms with Gasteiger partial charge in [-0.3, -0.25) is 4.79 Å². The van der Waals surface area contributed by atoms with Crippen LogP contribution in [-0.2, 0) is 9.53 Å². The molecule has 1 amide bonds. The maximum absolute atomic E-state index is 10.9. The standard InChI is InChI=1S/C13H12N4O2/c1-9-6-17(8-14-9)11-4-2-10(3-5-11)13-16-15-12(18)7-19-13/h2-6,8H,7H2,1H3,(H,15,18). The summed E-state index contributed by atoms with van der Waals surface area (Å²) in [6.45, 7) is 1.94. The largest absolute Gasteiger partial charge is 0.466 e. The molecule has 1 aromatic heterocycles. The normalized spacial score (nSPS) is 14.6. The molecule has 0 spiro atoms. The van der Waals surface area contributed by atoms with Gasteiger partial charge in [-0.1, -0.05) is 0 Å². The first-order chi connectivity index (χ1) is 9.22. The summed E-state index contributed by atoms with van der Waals surface area (Å²) in [5.74, 6) is 0.183. The van der Waals surface area contributed by atoms with Crippen LogP contribution in [0, 0.1) is 6.92 Å². The summed E-state index contributed by atoms with van der Waals surface area (Å²) in [5.41, 5.74) is 5.18. The predicted molar refractivity (Wildman–Crippen MR) is 68.9 cm³/mol. The maximum Gasteiger partial charge on any atom is 0.278 e. The highest BCUT2D eigenvalue weighted by molar-refractivity contribution is 5.98. The van der Waals surface area contributed by atoms with Crippen molar-refractivity contribution in [2.24, 2.45) is 5.10 Å². The lowest BCUT2D eigenvalue weighted by molar-refractivity contribution is -0.124. The number of hydrogen-bond acceptors (Lipinski definition) is 4. The van der Waals surface area contributed by atoms with E-state index in [2.05, 4.69) is 15.5 Å². The van der Waals surface area contributed by atoms with Gasteiger partial charge in [0.1, 0.15) is 0 Å². The van der Waals surface area contributed by atoms with Gasteiger partial charge in [-0.25, -0.2) is 10.4 Å². The molecule has 0 atom stereocenters. The highest BCUT2D eigenvalue weighted by atomic mass is 16.5. The van der Waals surface area contributed by atoms with Crippen molar-refractivity contribution in [2.45, 2.75) is 6.92 Å². The van der Waals surface area contributed by atoms with Gasteiger partial charge in [0.2, 0.25) is 5.90 Å². The van der Waals surface area contributed by atoms with E-state index >= 15 is 0 Å². The van der Waals surface area contributed by atoms with Crippen LogP contribution in [0.3, 0.4) is 0 Å². The van der Waals surface area contributed by atoms with E-state index in [0.29, 0.717) is 5.90 Å². The van der Waals surface area contributed by atoms with E-state index in [1.807, 2.05) is 42.0 Å². The Morgan fingerprint density at radius 2 is 2.11 bits per heavy atom. The minimum atomic E-state index is -0.241. The fourth-order valence-corrected chi connectivity index (χ4v) is 1.80. The summed E-state index contributed by atoms with van der Waals surface area (Å²) in [4.78, 5) is 15.1. The lowest BCUT2D eigenvalue weighted by Gasteiger charge is -2.13. The quantitative estimate of drug-likeness (QED) is 0.871. The molecule has 0 bridgehead atoms. The molecule has 1 aliphatic heterocycles. The zero-order valence-corrected chi connectivity index (χ0v) is 10.3. The average molecular weight is 256 g/mol. The minimum absolute atomic E-state index is 0.00129. The molecule has 2 aromatic rings. The highest BCUT2D eigenvalue weighted by Crippen LogP contribution is 2.12. The molecule has 0 aliphatic carbocycles. The first-order valence-electron chi connectivity index (χ1n) is 5.83. The zero-order chi connectivity index (χ0) is 13.2. The number of benzene rings is 1. The smallest absolute Gasteiger partial charge is 0.278 e. The number of aromatic nitrogens is 2. The van der Waals surface area contributed by atoms with Crippen LogP contribution in [-0.4, -0.2) is 28.0 Å². The molecule has 0 radical (unpaired) electrons. The van der Waals surface area contributed by atoms with Crippen LogP contribution in [0.5, 0.6) is 0 Å². The van der Waals surface area contributed by atoms with Gasteiger partial charge in [0.05, 0.1) is 12.0 Å². The Morgan fingerprint density at radius 1 is 1.32 bits per heavy atom. The Hall–Kier alpha value is -2.63. The predicted octanol–water partition coefficient (Wildman–Crippen LogP) is 0.989. The molecule has 2 heterocycles. The van der Waals surface area contributed by atoms with Gasteiger partial charge in [-0.15, -0.1) is 5.10 Å². The molecular formula is C13H12N4O2. The summed E-state index contributed by atoms with van der Waals surface area (Å²) in [6.07, 6.45) is 3.71. The van der Waals surface area contributed by atoms with Gasteiger partial charge in [-0.05, 0) is 31.2 Å². The van der Waals surface area contributed by atoms with Crippen LogP contribution in [0.1, 0.15) is 11.3 Å². The topological polar surface area (TPSA) is 68.5 Å². The Bertz CT molecular complexity index is 643. The average Bonchev–Trinajstić information content (AvgIpc) is 2.87. The van der Waals surface area contributed by atoms with Crippen LogP contribution < -0.4 is 5.43 Å². The summed E-state index contributed by atoms with van der Waals surface area (Å²) >= 11 is 0. The molecule has 0 saturated carbocycles. The fraction of sp³-hybridized carbons (Fsp3) is 0.154. The van der Waals surface area contributed by atoms with E-state index in [9.17, 15) is 4.79 Å². The van der Waals surface area contributed by atoms with Crippen molar-refractivity contribution in [1.82, 2.24) is 15.0 Å². The molecule has 3 rings (SSSR count). The number of aryl methyl sites for hydroxylation is 1. The number of carbonyl (C=O) groups excluding carboxylic acids is 1. The number of imidazole rings is 1. The van der Waals surface area contributed by atoms with Crippen molar-refractivity contribution in [3.63, 3.8) is 0 Å². The van der Waals surface area contributed by atoms with Gasteiger partial charge < -0.3 is 9.30 Å². The van der Waals surface area contributed by atoms with Crippen molar-refractivity contribution in [3.8, 4) is 5.69 Å². The van der Waals surface area contributed by atoms with E-state index in [4.69, 9.17) is 4.74 Å². The second kappa shape index (κ2) is 4.56. The Morgan fingerprint density at radius 3 is 2.68 bits per heavy atom. The van der Waals surface area contributed by atoms with Crippen LogP contribution in [0.4, 0.5) is 0 Å². The van der Waals surface area contributed by atoms with Gasteiger partial charge in [0.15, 0.2) is 6.61 Å². The summed E-state index contributed by atoms with van der Waals surface area (Å²) in [5, 5.41) is 3.86. The molecule has 1 aromatic carbocycles. The molecular weight excluding hydrogens is 244 g/mol. The third-order valence-electron chi connectivity index (χ3n) is 2.75. The third-order valence-corrected chi connectivity index (χ3v) is 2.75. The third kappa shape index (κ3) is 2.33. The number of amides is 1. The maximum atomic E-state index is 10.9. The molecule has 1 aliphatic rings. The van der Waals surface area contributed by atoms with Gasteiger partial charge in [0.25, 0.3) is 5.91 Å². The molecule has 6 heteroatoms. The Labute approximate surface area is 109 Å². The minimum Gasteiger partial charge on any atom is -0.466 e. The number of hydrazone groups is 1. The van der Waals surface area contributed by atoms with Crippen LogP contribution in [0.25, 0.3) is 5.69 Å². The van der Waals surface area contributed by atoms with Crippen LogP contribution >= 0.6 is 0 Å². The van der Waals surface area contributed by atoms with E-state index in [-0.39, 0.29) is 12.5 Å². The highest BCUT2D eigenvalue weighted by Gasteiger charge is 2.14. The Kier molecular flexibility index (Phi) is 2.75. The van der Waals surface area contributed by atoms with E-state index in [0.717, 1.165) is 16.9 Å². The molecule has 0 unspecified atom stereocenters. The van der Waals surface area contributed by atoms with Crippen LogP contribution in [0.15, 0.2) is 41.9 Å². The second-order valence-electron chi connectivity index (χ2n) is 4.21. The first kappa shape index (κ1) is 11.5. The van der Waals surface area contributed by atoms with Gasteiger partial charge >= 0.3 is 0 Å². The molecule has 6 nitrogen and oxygen atoms in total. The van der Waals surface area contributed by atoms with Crippen molar-refractivity contribution in [2.75, 3.05) is 6.61 Å². The molecule has 19 heavy (non-hydrogen) atoms. The monoisotopic (exact) mass is 256 g/mol. The van der Waals surface area contributed by atoms with Crippen molar-refractivity contribution >= 4 is 11.8 Å². The van der Waals surface area contributed by atoms with E-state index in [1.54, 1.807) is 6.33 Å². The zero-order valence-electron chi connectivity index (χ0n) is 10.3. The van der Waals surface area contributed by atoms with E-state index < -0.39 is 0 Å². The van der Waals surface area contributed by atoms with Crippen LogP contribution in [0.2, 0.25) is 0 Å². The number of nitrogens with zero attached hydrogens (tertiary/aromatic N) is 3. The molecule has 1 N–H and O–H groups in total. The molecule has 0 saturated heterocycles. The van der Waals surface area contributed by atoms with Crippen molar-refractivity contribution < 1.29 is 9.53 Å². The SMILES string of the molecule is Cc1cn(-c2ccc(C3=NNC(=O)CO3)cc2)cn1. The summed E-state index contributed by atoms with van der Waals surface area (Å²) in [7, 11) is 0. The number of ether oxygens (including phenoxy) is 1. The van der Waals surface area contributed by atoms with Gasteiger partial charge in [-0.2, -0.15) is 0 Å². The van der Waals surface area contributed by atoms with Crippen molar-refractivity contribution in [1.29, 1.82) is 0 Å².